The summed E-state index contributed by atoms with van der Waals surface area (Å²) in [6.45, 7) is 9.91. The molecule has 2 aromatic rings. The monoisotopic (exact) mass is 388 g/mol. The number of nitrogens with one attached hydrogen (secondary N) is 1. The highest BCUT2D eigenvalue weighted by molar-refractivity contribution is 7.92. The average molecular weight is 389 g/mol. The maximum Gasteiger partial charge on any atom is 0.255 e. The van der Waals surface area contributed by atoms with Gasteiger partial charge in [0.05, 0.1) is 11.4 Å². The summed E-state index contributed by atoms with van der Waals surface area (Å²) >= 11 is 0. The number of aryl methyl sites for hydroxylation is 1. The molecular formula is C21H28N2O3S. The predicted octanol–water partition coefficient (Wildman–Crippen LogP) is 4.55. The summed E-state index contributed by atoms with van der Waals surface area (Å²) in [7, 11) is -3.33. The van der Waals surface area contributed by atoms with Crippen molar-refractivity contribution in [2.75, 3.05) is 21.9 Å². The molecule has 0 atom stereocenters. The second kappa shape index (κ2) is 8.57. The minimum atomic E-state index is -3.33. The van der Waals surface area contributed by atoms with Crippen molar-refractivity contribution in [3.05, 3.63) is 59.2 Å². The molecule has 0 aliphatic heterocycles. The molecule has 146 valence electrons. The molecule has 0 spiro atoms. The van der Waals surface area contributed by atoms with Crippen molar-refractivity contribution in [3.8, 4) is 0 Å². The predicted molar refractivity (Wildman–Crippen MR) is 112 cm³/mol. The minimum absolute atomic E-state index is 0.0361. The van der Waals surface area contributed by atoms with Crippen LogP contribution < -0.4 is 9.62 Å². The van der Waals surface area contributed by atoms with E-state index >= 15 is 0 Å². The summed E-state index contributed by atoms with van der Waals surface area (Å²) in [6.07, 6.45) is 0. The molecule has 27 heavy (non-hydrogen) atoms. The first kappa shape index (κ1) is 21.0. The number of benzene rings is 2. The maximum absolute atomic E-state index is 12.7. The second-order valence-corrected chi connectivity index (χ2v) is 8.94. The average Bonchev–Trinajstić information content (AvgIpc) is 2.64. The smallest absolute Gasteiger partial charge is 0.255 e. The van der Waals surface area contributed by atoms with Crippen LogP contribution in [0.3, 0.4) is 0 Å². The van der Waals surface area contributed by atoms with Crippen LogP contribution >= 0.6 is 0 Å². The molecule has 5 nitrogen and oxygen atoms in total. The van der Waals surface area contributed by atoms with Gasteiger partial charge in [-0.25, -0.2) is 8.42 Å². The molecule has 0 aliphatic rings. The number of anilines is 2. The Morgan fingerprint density at radius 2 is 1.70 bits per heavy atom. The molecule has 0 saturated heterocycles. The van der Waals surface area contributed by atoms with Gasteiger partial charge in [0.2, 0.25) is 10.0 Å². The number of para-hydroxylation sites is 1. The van der Waals surface area contributed by atoms with Crippen molar-refractivity contribution < 1.29 is 13.2 Å². The van der Waals surface area contributed by atoms with E-state index < -0.39 is 10.0 Å². The third-order valence-electron chi connectivity index (χ3n) is 4.57. The van der Waals surface area contributed by atoms with E-state index in [1.807, 2.05) is 25.1 Å². The van der Waals surface area contributed by atoms with Gasteiger partial charge in [-0.15, -0.1) is 0 Å². The van der Waals surface area contributed by atoms with Crippen LogP contribution in [0.1, 0.15) is 55.1 Å². The number of carbonyl (C=O) groups excluding carboxylic acids is 1. The summed E-state index contributed by atoms with van der Waals surface area (Å²) < 4.78 is 25.7. The molecule has 2 rings (SSSR count). The van der Waals surface area contributed by atoms with Crippen molar-refractivity contribution in [1.29, 1.82) is 0 Å². The zero-order chi connectivity index (χ0) is 20.2. The van der Waals surface area contributed by atoms with Gasteiger partial charge in [0.25, 0.3) is 5.91 Å². The van der Waals surface area contributed by atoms with E-state index in [0.717, 1.165) is 16.8 Å². The van der Waals surface area contributed by atoms with Crippen molar-refractivity contribution >= 4 is 27.3 Å². The Kier molecular flexibility index (Phi) is 6.65. The van der Waals surface area contributed by atoms with Gasteiger partial charge < -0.3 is 5.32 Å². The fraction of sp³-hybridized carbons (Fsp3) is 0.381. The van der Waals surface area contributed by atoms with Crippen LogP contribution in [0.2, 0.25) is 0 Å². The van der Waals surface area contributed by atoms with E-state index in [9.17, 15) is 13.2 Å². The fourth-order valence-electron chi connectivity index (χ4n) is 3.00. The highest BCUT2D eigenvalue weighted by atomic mass is 32.2. The van der Waals surface area contributed by atoms with Gasteiger partial charge in [0, 0.05) is 17.8 Å². The van der Waals surface area contributed by atoms with Crippen molar-refractivity contribution in [1.82, 2.24) is 0 Å². The van der Waals surface area contributed by atoms with Crippen molar-refractivity contribution in [2.24, 2.45) is 0 Å². The quantitative estimate of drug-likeness (QED) is 0.757. The van der Waals surface area contributed by atoms with Crippen LogP contribution in [0.5, 0.6) is 0 Å². The summed E-state index contributed by atoms with van der Waals surface area (Å²) in [5, 5.41) is 3.01. The van der Waals surface area contributed by atoms with E-state index in [1.54, 1.807) is 38.1 Å². The van der Waals surface area contributed by atoms with Gasteiger partial charge in [0.1, 0.15) is 0 Å². The summed E-state index contributed by atoms with van der Waals surface area (Å²) in [6, 6.07) is 12.6. The Morgan fingerprint density at radius 1 is 1.07 bits per heavy atom. The molecule has 0 fully saturated rings. The molecule has 0 aromatic heterocycles. The summed E-state index contributed by atoms with van der Waals surface area (Å²) in [5.41, 5.74) is 3.99. The van der Waals surface area contributed by atoms with E-state index in [2.05, 4.69) is 19.2 Å². The van der Waals surface area contributed by atoms with E-state index in [1.165, 1.54) is 4.31 Å². The molecular weight excluding hydrogens is 360 g/mol. The number of nitrogens with zero attached hydrogens (tertiary/aromatic N) is 1. The number of carbonyl (C=O) groups is 1. The van der Waals surface area contributed by atoms with Crippen LogP contribution in [-0.4, -0.2) is 26.6 Å². The molecule has 0 aliphatic carbocycles. The first-order valence-corrected chi connectivity index (χ1v) is 10.8. The number of hydrogen-bond acceptors (Lipinski definition) is 3. The standard InChI is InChI=1S/C21H28N2O3S/c1-6-23(27(25,26)7-2)18-13-11-17(12-14-18)21(24)22-20-16(5)9-8-10-19(20)15(3)4/h8-15H,6-7H2,1-5H3,(H,22,24). The van der Waals surface area contributed by atoms with Crippen LogP contribution in [0, 0.1) is 6.92 Å². The molecule has 0 heterocycles. The second-order valence-electron chi connectivity index (χ2n) is 6.76. The first-order valence-electron chi connectivity index (χ1n) is 9.22. The van der Waals surface area contributed by atoms with Gasteiger partial charge in [-0.1, -0.05) is 32.0 Å². The third-order valence-corrected chi connectivity index (χ3v) is 6.44. The van der Waals surface area contributed by atoms with Crippen LogP contribution in [0.25, 0.3) is 0 Å². The van der Waals surface area contributed by atoms with Crippen molar-refractivity contribution in [3.63, 3.8) is 0 Å². The number of rotatable bonds is 7. The normalized spacial score (nSPS) is 11.5. The molecule has 0 radical (unpaired) electrons. The van der Waals surface area contributed by atoms with Crippen molar-refractivity contribution in [2.45, 2.75) is 40.5 Å². The lowest BCUT2D eigenvalue weighted by molar-refractivity contribution is 0.102. The van der Waals surface area contributed by atoms with Crippen LogP contribution in [0.4, 0.5) is 11.4 Å². The Morgan fingerprint density at radius 3 is 2.22 bits per heavy atom. The van der Waals surface area contributed by atoms with Gasteiger partial charge in [-0.05, 0) is 62.1 Å². The maximum atomic E-state index is 12.7. The lowest BCUT2D eigenvalue weighted by Gasteiger charge is -2.22. The van der Waals surface area contributed by atoms with Gasteiger partial charge >= 0.3 is 0 Å². The van der Waals surface area contributed by atoms with Crippen LogP contribution in [-0.2, 0) is 10.0 Å². The number of hydrogen-bond donors (Lipinski definition) is 1. The Hall–Kier alpha value is -2.34. The highest BCUT2D eigenvalue weighted by Crippen LogP contribution is 2.28. The molecule has 0 saturated carbocycles. The van der Waals surface area contributed by atoms with Gasteiger partial charge in [-0.2, -0.15) is 0 Å². The lowest BCUT2D eigenvalue weighted by Crippen LogP contribution is -2.32. The number of amides is 1. The molecule has 2 aromatic carbocycles. The largest absolute Gasteiger partial charge is 0.321 e. The first-order chi connectivity index (χ1) is 12.7. The molecule has 6 heteroatoms. The molecule has 0 bridgehead atoms. The Balaban J connectivity index is 2.27. The minimum Gasteiger partial charge on any atom is -0.321 e. The highest BCUT2D eigenvalue weighted by Gasteiger charge is 2.19. The van der Waals surface area contributed by atoms with Crippen LogP contribution in [0.15, 0.2) is 42.5 Å². The number of sulfonamides is 1. The Labute approximate surface area is 162 Å². The fourth-order valence-corrected chi connectivity index (χ4v) is 4.15. The molecule has 1 amide bonds. The van der Waals surface area contributed by atoms with E-state index in [-0.39, 0.29) is 11.7 Å². The summed E-state index contributed by atoms with van der Waals surface area (Å²) in [4.78, 5) is 12.7. The summed E-state index contributed by atoms with van der Waals surface area (Å²) in [5.74, 6) is 0.119. The topological polar surface area (TPSA) is 66.5 Å². The molecule has 1 N–H and O–H groups in total. The molecule has 0 unspecified atom stereocenters. The van der Waals surface area contributed by atoms with Gasteiger partial charge in [-0.3, -0.25) is 9.10 Å². The van der Waals surface area contributed by atoms with E-state index in [0.29, 0.717) is 23.7 Å². The lowest BCUT2D eigenvalue weighted by atomic mass is 9.98. The van der Waals surface area contributed by atoms with E-state index in [4.69, 9.17) is 0 Å². The Bertz CT molecular complexity index is 904. The van der Waals surface area contributed by atoms with Gasteiger partial charge in [0.15, 0.2) is 0 Å². The third kappa shape index (κ3) is 4.69. The SMILES string of the molecule is CCN(c1ccc(C(=O)Nc2c(C)cccc2C(C)C)cc1)S(=O)(=O)CC. The zero-order valence-electron chi connectivity index (χ0n) is 16.6. The zero-order valence-corrected chi connectivity index (χ0v) is 17.4.